The Labute approximate surface area is 174 Å². The van der Waals surface area contributed by atoms with Crippen molar-refractivity contribution in [3.05, 3.63) is 23.3 Å². The predicted molar refractivity (Wildman–Crippen MR) is 114 cm³/mol. The molecule has 2 N–H and O–H groups in total. The molecule has 1 aromatic carbocycles. The maximum atomic E-state index is 10.2. The van der Waals surface area contributed by atoms with Crippen LogP contribution >= 0.6 is 0 Å². The van der Waals surface area contributed by atoms with Gasteiger partial charge in [0.05, 0.1) is 36.6 Å². The lowest BCUT2D eigenvalue weighted by Gasteiger charge is -2.48. The van der Waals surface area contributed by atoms with Crippen molar-refractivity contribution in [1.29, 1.82) is 5.26 Å². The molecule has 6 heteroatoms. The number of piperidine rings is 1. The van der Waals surface area contributed by atoms with Crippen LogP contribution in [0.3, 0.4) is 0 Å². The third kappa shape index (κ3) is 5.42. The molecule has 6 nitrogen and oxygen atoms in total. The Morgan fingerprint density at radius 1 is 1.21 bits per heavy atom. The minimum Gasteiger partial charge on any atom is -0.506 e. The number of aromatic hydroxyl groups is 1. The smallest absolute Gasteiger partial charge is 0.140 e. The molecule has 1 saturated heterocycles. The first-order chi connectivity index (χ1) is 13.9. The zero-order valence-electron chi connectivity index (χ0n) is 18.0. The molecule has 2 aliphatic rings. The van der Waals surface area contributed by atoms with Gasteiger partial charge in [0.1, 0.15) is 5.75 Å². The van der Waals surface area contributed by atoms with E-state index in [1.54, 1.807) is 13.2 Å². The molecule has 0 aromatic heterocycles. The molecule has 0 spiro atoms. The van der Waals surface area contributed by atoms with E-state index in [2.05, 4.69) is 23.2 Å². The van der Waals surface area contributed by atoms with Gasteiger partial charge in [-0.25, -0.2) is 0 Å². The Morgan fingerprint density at radius 2 is 1.90 bits per heavy atom. The summed E-state index contributed by atoms with van der Waals surface area (Å²) in [4.78, 5) is 2.65. The Hall–Kier alpha value is -1.81. The minimum atomic E-state index is 0.160. The number of hydrogen-bond donors (Lipinski definition) is 2. The van der Waals surface area contributed by atoms with Crippen LogP contribution in [0.2, 0.25) is 0 Å². The summed E-state index contributed by atoms with van der Waals surface area (Å²) in [5.74, 6) is 0.160. The van der Waals surface area contributed by atoms with Gasteiger partial charge in [-0.15, -0.1) is 0 Å². The topological polar surface area (TPSA) is 77.8 Å². The van der Waals surface area contributed by atoms with Gasteiger partial charge < -0.3 is 19.9 Å². The van der Waals surface area contributed by atoms with Gasteiger partial charge in [0, 0.05) is 37.8 Å². The summed E-state index contributed by atoms with van der Waals surface area (Å²) in [6.07, 6.45) is 7.09. The first-order valence-electron chi connectivity index (χ1n) is 10.8. The summed E-state index contributed by atoms with van der Waals surface area (Å²) in [7, 11) is 1.71. The van der Waals surface area contributed by atoms with E-state index in [1.807, 2.05) is 13.0 Å². The molecule has 2 fully saturated rings. The molecule has 0 unspecified atom stereocenters. The SMILES string of the molecule is COCCO[C@H]1CC[C@](C)(N2CCC(Nc3cc(C)c(C#N)cc3O)CC2)CC1. The molecule has 0 amide bonds. The van der Waals surface area contributed by atoms with Crippen molar-refractivity contribution in [2.45, 2.75) is 70.1 Å². The number of rotatable bonds is 7. The molecule has 3 rings (SSSR count). The van der Waals surface area contributed by atoms with Crippen LogP contribution in [-0.2, 0) is 9.47 Å². The maximum Gasteiger partial charge on any atom is 0.140 e. The second-order valence-corrected chi connectivity index (χ2v) is 8.76. The second-order valence-electron chi connectivity index (χ2n) is 8.76. The molecule has 0 radical (unpaired) electrons. The Bertz CT molecular complexity index is 715. The van der Waals surface area contributed by atoms with E-state index in [0.29, 0.717) is 30.9 Å². The number of nitrogens with one attached hydrogen (secondary N) is 1. The van der Waals surface area contributed by atoms with Crippen LogP contribution in [0.25, 0.3) is 0 Å². The highest BCUT2D eigenvalue weighted by Crippen LogP contribution is 2.37. The fraction of sp³-hybridized carbons (Fsp3) is 0.696. The average Bonchev–Trinajstić information content (AvgIpc) is 2.72. The number of methoxy groups -OCH3 is 1. The van der Waals surface area contributed by atoms with Crippen LogP contribution in [0.15, 0.2) is 12.1 Å². The van der Waals surface area contributed by atoms with Gasteiger partial charge in [0.15, 0.2) is 0 Å². The molecular formula is C23H35N3O3. The highest BCUT2D eigenvalue weighted by molar-refractivity contribution is 5.62. The molecule has 160 valence electrons. The number of hydrogen-bond acceptors (Lipinski definition) is 6. The Morgan fingerprint density at radius 3 is 2.52 bits per heavy atom. The largest absolute Gasteiger partial charge is 0.506 e. The monoisotopic (exact) mass is 401 g/mol. The first-order valence-corrected chi connectivity index (χ1v) is 10.8. The summed E-state index contributed by atoms with van der Waals surface area (Å²) >= 11 is 0. The molecule has 0 bridgehead atoms. The number of nitrogens with zero attached hydrogens (tertiary/aromatic N) is 2. The van der Waals surface area contributed by atoms with E-state index in [4.69, 9.17) is 14.7 Å². The van der Waals surface area contributed by atoms with Crippen molar-refractivity contribution in [2.75, 3.05) is 38.7 Å². The van der Waals surface area contributed by atoms with Gasteiger partial charge in [-0.3, -0.25) is 4.90 Å². The lowest BCUT2D eigenvalue weighted by Crippen LogP contribution is -2.53. The highest BCUT2D eigenvalue weighted by atomic mass is 16.5. The molecule has 1 aromatic rings. The number of phenolic OH excluding ortho intramolecular Hbond substituents is 1. The number of anilines is 1. The van der Waals surface area contributed by atoms with Gasteiger partial charge in [0.25, 0.3) is 0 Å². The zero-order chi connectivity index (χ0) is 20.9. The van der Waals surface area contributed by atoms with Crippen LogP contribution in [0.5, 0.6) is 5.75 Å². The van der Waals surface area contributed by atoms with Crippen molar-refractivity contribution >= 4 is 5.69 Å². The fourth-order valence-corrected chi connectivity index (χ4v) is 4.71. The van der Waals surface area contributed by atoms with Gasteiger partial charge in [-0.2, -0.15) is 5.26 Å². The van der Waals surface area contributed by atoms with E-state index in [0.717, 1.165) is 50.0 Å². The molecule has 1 heterocycles. The van der Waals surface area contributed by atoms with E-state index < -0.39 is 0 Å². The van der Waals surface area contributed by atoms with E-state index in [-0.39, 0.29) is 11.3 Å². The fourth-order valence-electron chi connectivity index (χ4n) is 4.71. The van der Waals surface area contributed by atoms with Crippen molar-refractivity contribution in [3.63, 3.8) is 0 Å². The third-order valence-electron chi connectivity index (χ3n) is 6.73. The van der Waals surface area contributed by atoms with Crippen molar-refractivity contribution in [2.24, 2.45) is 0 Å². The van der Waals surface area contributed by atoms with Gasteiger partial charge in [-0.1, -0.05) is 0 Å². The summed E-state index contributed by atoms with van der Waals surface area (Å²) in [5.41, 5.74) is 2.42. The van der Waals surface area contributed by atoms with Crippen LogP contribution in [-0.4, -0.2) is 61.1 Å². The summed E-state index contributed by atoms with van der Waals surface area (Å²) in [6, 6.07) is 5.91. The number of ether oxygens (including phenoxy) is 2. The van der Waals surface area contributed by atoms with Gasteiger partial charge >= 0.3 is 0 Å². The number of phenols is 1. The third-order valence-corrected chi connectivity index (χ3v) is 6.73. The van der Waals surface area contributed by atoms with Crippen LogP contribution in [0.1, 0.15) is 56.6 Å². The van der Waals surface area contributed by atoms with Gasteiger partial charge in [-0.05, 0) is 64.0 Å². The summed E-state index contributed by atoms with van der Waals surface area (Å²) in [6.45, 7) is 7.81. The summed E-state index contributed by atoms with van der Waals surface area (Å²) in [5, 5.41) is 22.8. The molecule has 29 heavy (non-hydrogen) atoms. The number of likely N-dealkylation sites (tertiary alicyclic amines) is 1. The molecule has 1 aliphatic carbocycles. The van der Waals surface area contributed by atoms with E-state index in [9.17, 15) is 5.11 Å². The standard InChI is InChI=1S/C23H35N3O3/c1-17-14-21(22(27)15-18(17)16-24)25-19-6-10-26(11-7-19)23(2)8-4-20(5-9-23)29-13-12-28-3/h14-15,19-20,25,27H,4-13H2,1-3H3/t20-,23-. The number of aryl methyl sites for hydroxylation is 1. The number of benzene rings is 1. The minimum absolute atomic E-state index is 0.160. The normalized spacial score (nSPS) is 26.2. The molecule has 1 saturated carbocycles. The molecule has 1 aliphatic heterocycles. The van der Waals surface area contributed by atoms with E-state index in [1.165, 1.54) is 12.8 Å². The lowest BCUT2D eigenvalue weighted by atomic mass is 9.79. The van der Waals surface area contributed by atoms with Crippen molar-refractivity contribution in [3.8, 4) is 11.8 Å². The van der Waals surface area contributed by atoms with Crippen LogP contribution in [0, 0.1) is 18.3 Å². The first kappa shape index (κ1) is 21.9. The zero-order valence-corrected chi connectivity index (χ0v) is 18.0. The maximum absolute atomic E-state index is 10.2. The van der Waals surface area contributed by atoms with E-state index >= 15 is 0 Å². The van der Waals surface area contributed by atoms with Crippen molar-refractivity contribution < 1.29 is 14.6 Å². The number of nitriles is 1. The molecular weight excluding hydrogens is 366 g/mol. The Kier molecular flexibility index (Phi) is 7.39. The predicted octanol–water partition coefficient (Wildman–Crippen LogP) is 3.81. The summed E-state index contributed by atoms with van der Waals surface area (Å²) < 4.78 is 11.0. The van der Waals surface area contributed by atoms with Crippen molar-refractivity contribution in [1.82, 2.24) is 4.90 Å². The van der Waals surface area contributed by atoms with Crippen LogP contribution < -0.4 is 5.32 Å². The average molecular weight is 402 g/mol. The second kappa shape index (κ2) is 9.80. The lowest BCUT2D eigenvalue weighted by molar-refractivity contribution is -0.0398. The van der Waals surface area contributed by atoms with Gasteiger partial charge in [0.2, 0.25) is 0 Å². The van der Waals surface area contributed by atoms with Crippen LogP contribution in [0.4, 0.5) is 5.69 Å². The quantitative estimate of drug-likeness (QED) is 0.534. The highest BCUT2D eigenvalue weighted by Gasteiger charge is 2.38. The Balaban J connectivity index is 1.48. The molecule has 0 atom stereocenters.